The molecule has 140 valence electrons. The molecule has 2 aliphatic rings. The molecule has 8 heteroatoms. The highest BCUT2D eigenvalue weighted by atomic mass is 16.5. The molecule has 1 spiro atoms. The van der Waals surface area contributed by atoms with Crippen molar-refractivity contribution >= 4 is 23.5 Å². The number of anilines is 1. The molecule has 2 fully saturated rings. The van der Waals surface area contributed by atoms with Gasteiger partial charge in [-0.15, -0.1) is 0 Å². The number of nitrogens with zero attached hydrogens (tertiary/aromatic N) is 2. The van der Waals surface area contributed by atoms with E-state index in [4.69, 9.17) is 4.74 Å². The van der Waals surface area contributed by atoms with Crippen LogP contribution >= 0.6 is 0 Å². The largest absolute Gasteiger partial charge is 0.497 e. The van der Waals surface area contributed by atoms with Gasteiger partial charge in [-0.05, 0) is 12.1 Å². The molecule has 0 aliphatic carbocycles. The van der Waals surface area contributed by atoms with Gasteiger partial charge in [-0.1, -0.05) is 6.07 Å². The van der Waals surface area contributed by atoms with Crippen LogP contribution in [0.2, 0.25) is 0 Å². The normalized spacial score (nSPS) is 22.8. The number of hydrogen-bond acceptors (Lipinski definition) is 4. The third-order valence-corrected chi connectivity index (χ3v) is 4.94. The van der Waals surface area contributed by atoms with Crippen LogP contribution in [0.3, 0.4) is 0 Å². The Morgan fingerprint density at radius 1 is 1.23 bits per heavy atom. The molecule has 4 amide bonds. The summed E-state index contributed by atoms with van der Waals surface area (Å²) in [6.45, 7) is 3.76. The second kappa shape index (κ2) is 7.23. The third kappa shape index (κ3) is 3.89. The van der Waals surface area contributed by atoms with Gasteiger partial charge in [-0.2, -0.15) is 0 Å². The number of ether oxygens (including phenoxy) is 1. The van der Waals surface area contributed by atoms with Crippen LogP contribution in [-0.4, -0.2) is 67.5 Å². The van der Waals surface area contributed by atoms with Gasteiger partial charge in [0.2, 0.25) is 11.8 Å². The summed E-state index contributed by atoms with van der Waals surface area (Å²) in [6.07, 6.45) is 0.319. The fourth-order valence-corrected chi connectivity index (χ4v) is 3.58. The predicted molar refractivity (Wildman–Crippen MR) is 95.9 cm³/mol. The topological polar surface area (TPSA) is 91.0 Å². The molecule has 0 unspecified atom stereocenters. The van der Waals surface area contributed by atoms with Gasteiger partial charge in [0.25, 0.3) is 0 Å². The molecule has 0 radical (unpaired) electrons. The van der Waals surface area contributed by atoms with Gasteiger partial charge in [-0.25, -0.2) is 4.79 Å². The SMILES string of the molecule is COc1cccc(NC(=O)N2CCN(C(C)=O)C[C@@]3(CNC(=O)C3)C2)c1. The molecule has 3 rings (SSSR count). The van der Waals surface area contributed by atoms with E-state index >= 15 is 0 Å². The van der Waals surface area contributed by atoms with Crippen LogP contribution in [-0.2, 0) is 9.59 Å². The lowest BCUT2D eigenvalue weighted by Crippen LogP contribution is -2.45. The zero-order valence-electron chi connectivity index (χ0n) is 15.1. The van der Waals surface area contributed by atoms with Gasteiger partial charge in [-0.3, -0.25) is 9.59 Å². The van der Waals surface area contributed by atoms with E-state index in [2.05, 4.69) is 10.6 Å². The van der Waals surface area contributed by atoms with Crippen molar-refractivity contribution in [2.75, 3.05) is 45.2 Å². The Morgan fingerprint density at radius 3 is 2.62 bits per heavy atom. The van der Waals surface area contributed by atoms with E-state index in [1.807, 2.05) is 0 Å². The number of benzene rings is 1. The molecule has 2 heterocycles. The lowest BCUT2D eigenvalue weighted by molar-refractivity contribution is -0.130. The number of hydrogen-bond donors (Lipinski definition) is 2. The number of amides is 4. The minimum absolute atomic E-state index is 0.0384. The molecule has 2 saturated heterocycles. The Hall–Kier alpha value is -2.77. The van der Waals surface area contributed by atoms with Gasteiger partial charge >= 0.3 is 6.03 Å². The second-order valence-electron chi connectivity index (χ2n) is 6.98. The maximum atomic E-state index is 12.8. The summed E-state index contributed by atoms with van der Waals surface area (Å²) in [5, 5.41) is 5.71. The second-order valence-corrected chi connectivity index (χ2v) is 6.98. The average Bonchev–Trinajstić information content (AvgIpc) is 2.86. The zero-order valence-corrected chi connectivity index (χ0v) is 15.1. The molecule has 0 bridgehead atoms. The van der Waals surface area contributed by atoms with E-state index in [0.717, 1.165) is 0 Å². The van der Waals surface area contributed by atoms with Gasteiger partial charge in [0.05, 0.1) is 7.11 Å². The van der Waals surface area contributed by atoms with E-state index in [9.17, 15) is 14.4 Å². The molecule has 0 aromatic heterocycles. The minimum atomic E-state index is -0.440. The van der Waals surface area contributed by atoms with Crippen molar-refractivity contribution in [1.29, 1.82) is 0 Å². The van der Waals surface area contributed by atoms with E-state index in [0.29, 0.717) is 50.6 Å². The molecule has 1 atom stereocenters. The van der Waals surface area contributed by atoms with Gasteiger partial charge in [0, 0.05) is 63.2 Å². The predicted octanol–water partition coefficient (Wildman–Crippen LogP) is 0.897. The van der Waals surface area contributed by atoms with E-state index in [1.54, 1.807) is 41.2 Å². The summed E-state index contributed by atoms with van der Waals surface area (Å²) in [6, 6.07) is 6.89. The fraction of sp³-hybridized carbons (Fsp3) is 0.500. The van der Waals surface area contributed by atoms with Crippen LogP contribution in [0.5, 0.6) is 5.75 Å². The molecule has 2 N–H and O–H groups in total. The first-order chi connectivity index (χ1) is 12.4. The van der Waals surface area contributed by atoms with Crippen molar-refractivity contribution in [3.8, 4) is 5.75 Å². The number of carbonyl (C=O) groups is 3. The molecule has 1 aromatic carbocycles. The van der Waals surface area contributed by atoms with Crippen LogP contribution in [0.1, 0.15) is 13.3 Å². The van der Waals surface area contributed by atoms with Crippen LogP contribution < -0.4 is 15.4 Å². The number of urea groups is 1. The van der Waals surface area contributed by atoms with Crippen LogP contribution in [0, 0.1) is 5.41 Å². The first-order valence-corrected chi connectivity index (χ1v) is 8.63. The van der Waals surface area contributed by atoms with E-state index < -0.39 is 5.41 Å². The van der Waals surface area contributed by atoms with Crippen molar-refractivity contribution in [3.05, 3.63) is 24.3 Å². The van der Waals surface area contributed by atoms with Gasteiger partial charge in [0.1, 0.15) is 5.75 Å². The number of carbonyl (C=O) groups excluding carboxylic acids is 3. The summed E-state index contributed by atoms with van der Waals surface area (Å²) < 4.78 is 5.18. The summed E-state index contributed by atoms with van der Waals surface area (Å²) in [5.74, 6) is 0.575. The smallest absolute Gasteiger partial charge is 0.321 e. The lowest BCUT2D eigenvalue weighted by Gasteiger charge is -2.32. The maximum Gasteiger partial charge on any atom is 0.321 e. The number of rotatable bonds is 2. The Balaban J connectivity index is 1.76. The van der Waals surface area contributed by atoms with Gasteiger partial charge < -0.3 is 25.2 Å². The summed E-state index contributed by atoms with van der Waals surface area (Å²) in [7, 11) is 1.57. The Morgan fingerprint density at radius 2 is 1.96 bits per heavy atom. The molecular formula is C18H24N4O4. The highest BCUT2D eigenvalue weighted by molar-refractivity contribution is 5.90. The first kappa shape index (κ1) is 18.0. The summed E-state index contributed by atoms with van der Waals surface area (Å²) >= 11 is 0. The van der Waals surface area contributed by atoms with Crippen LogP contribution in [0.25, 0.3) is 0 Å². The molecule has 1 aromatic rings. The lowest BCUT2D eigenvalue weighted by atomic mass is 9.86. The van der Waals surface area contributed by atoms with E-state index in [-0.39, 0.29) is 17.8 Å². The maximum absolute atomic E-state index is 12.8. The standard InChI is InChI=1S/C18H24N4O4/c1-13(23)21-6-7-22(12-18(11-21)9-16(24)19-10-18)17(25)20-14-4-3-5-15(8-14)26-2/h3-5,8H,6-7,9-12H2,1-2H3,(H,19,24)(H,20,25)/t18-/m1/s1. The minimum Gasteiger partial charge on any atom is -0.497 e. The van der Waals surface area contributed by atoms with Crippen LogP contribution in [0.4, 0.5) is 10.5 Å². The van der Waals surface area contributed by atoms with Crippen LogP contribution in [0.15, 0.2) is 24.3 Å². The highest BCUT2D eigenvalue weighted by Crippen LogP contribution is 2.31. The molecule has 2 aliphatic heterocycles. The fourth-order valence-electron chi connectivity index (χ4n) is 3.58. The molecule has 0 saturated carbocycles. The number of methoxy groups -OCH3 is 1. The highest BCUT2D eigenvalue weighted by Gasteiger charge is 2.44. The van der Waals surface area contributed by atoms with Crippen molar-refractivity contribution in [1.82, 2.24) is 15.1 Å². The van der Waals surface area contributed by atoms with E-state index in [1.165, 1.54) is 6.92 Å². The van der Waals surface area contributed by atoms with Gasteiger partial charge in [0.15, 0.2) is 0 Å². The monoisotopic (exact) mass is 360 g/mol. The van der Waals surface area contributed by atoms with Crippen molar-refractivity contribution in [2.24, 2.45) is 5.41 Å². The Labute approximate surface area is 152 Å². The Kier molecular flexibility index (Phi) is 5.01. The quantitative estimate of drug-likeness (QED) is 0.820. The van der Waals surface area contributed by atoms with Crippen molar-refractivity contribution < 1.29 is 19.1 Å². The summed E-state index contributed by atoms with van der Waals surface area (Å²) in [4.78, 5) is 39.9. The average molecular weight is 360 g/mol. The Bertz CT molecular complexity index is 723. The molecule has 26 heavy (non-hydrogen) atoms. The number of nitrogens with one attached hydrogen (secondary N) is 2. The molecule has 8 nitrogen and oxygen atoms in total. The van der Waals surface area contributed by atoms with Crippen molar-refractivity contribution in [2.45, 2.75) is 13.3 Å². The molecular weight excluding hydrogens is 336 g/mol. The first-order valence-electron chi connectivity index (χ1n) is 8.63. The van der Waals surface area contributed by atoms with Crippen molar-refractivity contribution in [3.63, 3.8) is 0 Å². The third-order valence-electron chi connectivity index (χ3n) is 4.94. The summed E-state index contributed by atoms with van der Waals surface area (Å²) in [5.41, 5.74) is 0.196. The zero-order chi connectivity index (χ0) is 18.7.